The fourth-order valence-electron chi connectivity index (χ4n) is 2.29. The van der Waals surface area contributed by atoms with Crippen molar-refractivity contribution in [3.8, 4) is 0 Å². The van der Waals surface area contributed by atoms with E-state index in [-0.39, 0.29) is 36.7 Å². The van der Waals surface area contributed by atoms with Crippen LogP contribution in [0.4, 0.5) is 0 Å². The molecule has 222 valence electrons. The summed E-state index contributed by atoms with van der Waals surface area (Å²) in [5.41, 5.74) is 0. The molecule has 3 atom stereocenters. The van der Waals surface area contributed by atoms with Gasteiger partial charge in [-0.1, -0.05) is 47.0 Å². The van der Waals surface area contributed by atoms with Gasteiger partial charge in [0, 0.05) is 6.42 Å². The van der Waals surface area contributed by atoms with E-state index >= 15 is 0 Å². The number of unbranched alkanes of at least 4 members (excludes halogenated alkanes) is 2. The number of carboxylic acids is 1. The maximum Gasteiger partial charge on any atom is 0.308 e. The minimum atomic E-state index is -0.682. The van der Waals surface area contributed by atoms with Crippen LogP contribution < -0.4 is 0 Å². The first kappa shape index (κ1) is 41.9. The topological polar surface area (TPSA) is 157 Å². The summed E-state index contributed by atoms with van der Waals surface area (Å²) in [7, 11) is 0. The van der Waals surface area contributed by atoms with Gasteiger partial charge in [-0.2, -0.15) is 0 Å². The molecule has 0 spiro atoms. The Morgan fingerprint density at radius 2 is 1.19 bits per heavy atom. The highest BCUT2D eigenvalue weighted by Gasteiger charge is 2.10. The first-order valence-corrected chi connectivity index (χ1v) is 13.4. The Morgan fingerprint density at radius 1 is 0.703 bits per heavy atom. The molecule has 0 aliphatic heterocycles. The van der Waals surface area contributed by atoms with Crippen LogP contribution in [0, 0.1) is 5.92 Å². The molecule has 0 saturated heterocycles. The lowest BCUT2D eigenvalue weighted by atomic mass is 10.1. The van der Waals surface area contributed by atoms with Crippen molar-refractivity contribution in [3.05, 3.63) is 0 Å². The summed E-state index contributed by atoms with van der Waals surface area (Å²) in [6.07, 6.45) is 4.79. The molecular formula is C27H54O10. The van der Waals surface area contributed by atoms with E-state index in [0.29, 0.717) is 32.7 Å². The van der Waals surface area contributed by atoms with Crippen molar-refractivity contribution in [2.75, 3.05) is 19.8 Å². The molecule has 0 aliphatic rings. The highest BCUT2D eigenvalue weighted by Crippen LogP contribution is 2.03. The van der Waals surface area contributed by atoms with E-state index < -0.39 is 18.2 Å². The second-order valence-corrected chi connectivity index (χ2v) is 8.22. The lowest BCUT2D eigenvalue weighted by Crippen LogP contribution is -2.15. The van der Waals surface area contributed by atoms with Gasteiger partial charge >= 0.3 is 23.9 Å². The van der Waals surface area contributed by atoms with E-state index in [1.807, 2.05) is 27.7 Å². The van der Waals surface area contributed by atoms with E-state index in [0.717, 1.165) is 32.1 Å². The normalized spacial score (nSPS) is 11.9. The molecule has 10 heteroatoms. The molecule has 0 aromatic rings. The van der Waals surface area contributed by atoms with Gasteiger partial charge in [0.05, 0.1) is 50.8 Å². The molecule has 3 N–H and O–H groups in total. The van der Waals surface area contributed by atoms with E-state index in [4.69, 9.17) is 20.1 Å². The predicted octanol–water partition coefficient (Wildman–Crippen LogP) is 4.67. The van der Waals surface area contributed by atoms with Crippen molar-refractivity contribution in [2.24, 2.45) is 5.92 Å². The maximum absolute atomic E-state index is 10.8. The average Bonchev–Trinajstić information content (AvgIpc) is 2.80. The summed E-state index contributed by atoms with van der Waals surface area (Å²) < 4.78 is 14.0. The van der Waals surface area contributed by atoms with Gasteiger partial charge in [0.15, 0.2) is 0 Å². The van der Waals surface area contributed by atoms with E-state index in [9.17, 15) is 19.2 Å². The van der Waals surface area contributed by atoms with Gasteiger partial charge in [-0.05, 0) is 47.0 Å². The van der Waals surface area contributed by atoms with Gasteiger partial charge in [-0.3, -0.25) is 19.2 Å². The number of aliphatic hydroxyl groups is 2. The zero-order valence-corrected chi connectivity index (χ0v) is 24.4. The van der Waals surface area contributed by atoms with Gasteiger partial charge in [0.25, 0.3) is 0 Å². The van der Waals surface area contributed by atoms with Crippen molar-refractivity contribution >= 4 is 23.9 Å². The molecule has 0 heterocycles. The standard InChI is InChI=1S/C8H16O3.C7H14O2.C6H12O3.C6H12O2/c1-3-5-7(9)6-8(10)11-4-2;1-4-6(3)7(8)9-5-2;1-3-9-6(8)4-5(2)7;1-2-3-4-5-6(7)8/h7,9H,3-6H2,1-2H3;6H,4-5H2,1-3H3;5,7H,3-4H2,1-2H3;2-5H2,1H3,(H,7,8). The molecule has 0 aromatic carbocycles. The van der Waals surface area contributed by atoms with Crippen LogP contribution in [0.1, 0.15) is 113 Å². The Balaban J connectivity index is -0.000000198. The van der Waals surface area contributed by atoms with Gasteiger partial charge in [0.1, 0.15) is 0 Å². The van der Waals surface area contributed by atoms with Crippen LogP contribution in [0.25, 0.3) is 0 Å². The number of hydrogen-bond donors (Lipinski definition) is 3. The lowest BCUT2D eigenvalue weighted by Gasteiger charge is -2.07. The maximum atomic E-state index is 10.8. The van der Waals surface area contributed by atoms with Crippen molar-refractivity contribution in [1.29, 1.82) is 0 Å². The summed E-state index contributed by atoms with van der Waals surface area (Å²) in [5, 5.41) is 25.9. The Morgan fingerprint density at radius 3 is 1.54 bits per heavy atom. The van der Waals surface area contributed by atoms with Crippen LogP contribution in [-0.2, 0) is 33.4 Å². The van der Waals surface area contributed by atoms with E-state index in [1.165, 1.54) is 0 Å². The minimum Gasteiger partial charge on any atom is -0.481 e. The molecule has 37 heavy (non-hydrogen) atoms. The zero-order valence-electron chi connectivity index (χ0n) is 24.4. The number of carbonyl (C=O) groups excluding carboxylic acids is 3. The number of aliphatic hydroxyl groups excluding tert-OH is 2. The number of carbonyl (C=O) groups is 4. The number of aliphatic carboxylic acids is 1. The Hall–Kier alpha value is -2.20. The first-order valence-electron chi connectivity index (χ1n) is 13.4. The van der Waals surface area contributed by atoms with Crippen LogP contribution in [-0.4, -0.2) is 71.2 Å². The van der Waals surface area contributed by atoms with Gasteiger partial charge in [-0.25, -0.2) is 0 Å². The fourth-order valence-corrected chi connectivity index (χ4v) is 2.29. The van der Waals surface area contributed by atoms with Crippen LogP contribution in [0.2, 0.25) is 0 Å². The third kappa shape index (κ3) is 41.2. The van der Waals surface area contributed by atoms with Gasteiger partial charge in [0.2, 0.25) is 0 Å². The number of ether oxygens (including phenoxy) is 3. The fraction of sp³-hybridized carbons (Fsp3) is 0.852. The van der Waals surface area contributed by atoms with E-state index in [1.54, 1.807) is 20.8 Å². The number of esters is 3. The van der Waals surface area contributed by atoms with Crippen LogP contribution in [0.15, 0.2) is 0 Å². The van der Waals surface area contributed by atoms with Gasteiger partial charge in [-0.15, -0.1) is 0 Å². The third-order valence-corrected chi connectivity index (χ3v) is 4.39. The van der Waals surface area contributed by atoms with Crippen molar-refractivity contribution in [2.45, 2.75) is 125 Å². The first-order chi connectivity index (χ1) is 17.4. The number of hydrogen-bond acceptors (Lipinski definition) is 9. The molecule has 0 bridgehead atoms. The molecule has 0 rings (SSSR count). The molecule has 10 nitrogen and oxygen atoms in total. The van der Waals surface area contributed by atoms with Gasteiger partial charge < -0.3 is 29.5 Å². The quantitative estimate of drug-likeness (QED) is 0.152. The average molecular weight is 539 g/mol. The summed E-state index contributed by atoms with van der Waals surface area (Å²) in [6.45, 7) is 16.0. The molecular weight excluding hydrogens is 484 g/mol. The van der Waals surface area contributed by atoms with Crippen molar-refractivity contribution in [3.63, 3.8) is 0 Å². The van der Waals surface area contributed by atoms with Crippen LogP contribution >= 0.6 is 0 Å². The largest absolute Gasteiger partial charge is 0.481 e. The van der Waals surface area contributed by atoms with Crippen molar-refractivity contribution < 1.29 is 48.7 Å². The number of carboxylic acid groups (broad SMARTS) is 1. The molecule has 0 aromatic heterocycles. The molecule has 0 aliphatic carbocycles. The van der Waals surface area contributed by atoms with E-state index in [2.05, 4.69) is 16.4 Å². The second-order valence-electron chi connectivity index (χ2n) is 8.22. The molecule has 0 fully saturated rings. The SMILES string of the molecule is CCCC(O)CC(=O)OCC.CCCCCC(=O)O.CCOC(=O)C(C)CC.CCOC(=O)CC(C)O. The summed E-state index contributed by atoms with van der Waals surface area (Å²) >= 11 is 0. The van der Waals surface area contributed by atoms with Crippen LogP contribution in [0.5, 0.6) is 0 Å². The predicted molar refractivity (Wildman–Crippen MR) is 143 cm³/mol. The Bertz CT molecular complexity index is 549. The Labute approximate surface area is 224 Å². The van der Waals surface area contributed by atoms with Crippen LogP contribution in [0.3, 0.4) is 0 Å². The van der Waals surface area contributed by atoms with Crippen molar-refractivity contribution in [1.82, 2.24) is 0 Å². The molecule has 0 amide bonds. The monoisotopic (exact) mass is 538 g/mol. The molecule has 0 saturated carbocycles. The lowest BCUT2D eigenvalue weighted by molar-refractivity contribution is -0.147. The Kier molecular flexibility index (Phi) is 36.1. The highest BCUT2D eigenvalue weighted by atomic mass is 16.5. The highest BCUT2D eigenvalue weighted by molar-refractivity contribution is 5.71. The minimum absolute atomic E-state index is 0.0601. The summed E-state index contributed by atoms with van der Waals surface area (Å²) in [6, 6.07) is 0. The zero-order chi connectivity index (χ0) is 29.6. The second kappa shape index (κ2) is 31.8. The summed E-state index contributed by atoms with van der Waals surface area (Å²) in [5.74, 6) is -1.36. The third-order valence-electron chi connectivity index (χ3n) is 4.39. The molecule has 0 radical (unpaired) electrons. The smallest absolute Gasteiger partial charge is 0.308 e. The number of rotatable bonds is 15. The summed E-state index contributed by atoms with van der Waals surface area (Å²) in [4.78, 5) is 41.8. The molecule has 3 unspecified atom stereocenters.